The Bertz CT molecular complexity index is 3680. The van der Waals surface area contributed by atoms with Crippen LogP contribution in [0.4, 0.5) is 0 Å². The monoisotopic (exact) mass is 751 g/mol. The lowest BCUT2D eigenvalue weighted by Gasteiger charge is -2.13. The van der Waals surface area contributed by atoms with Gasteiger partial charge in [0.25, 0.3) is 0 Å². The van der Waals surface area contributed by atoms with Crippen LogP contribution in [0.25, 0.3) is 125 Å². The topological polar surface area (TPSA) is 4.93 Å². The summed E-state index contributed by atoms with van der Waals surface area (Å²) in [6, 6.07) is 74.4. The molecule has 2 heterocycles. The fourth-order valence-corrected chi connectivity index (χ4v) is 11.0. The summed E-state index contributed by atoms with van der Waals surface area (Å²) in [4.78, 5) is 0. The van der Waals surface area contributed by atoms with E-state index in [1.165, 1.54) is 125 Å². The van der Waals surface area contributed by atoms with Crippen LogP contribution in [0.15, 0.2) is 200 Å². The van der Waals surface area contributed by atoms with Crippen LogP contribution in [0.1, 0.15) is 0 Å². The lowest BCUT2D eigenvalue weighted by molar-refractivity contribution is 1.20. The number of aromatic nitrogens is 1. The Kier molecular flexibility index (Phi) is 6.66. The van der Waals surface area contributed by atoms with Gasteiger partial charge in [0, 0.05) is 36.3 Å². The minimum atomic E-state index is 1.21. The van der Waals surface area contributed by atoms with Crippen molar-refractivity contribution in [3.8, 4) is 61.3 Å². The van der Waals surface area contributed by atoms with E-state index in [0.29, 0.717) is 0 Å². The van der Waals surface area contributed by atoms with E-state index in [1.807, 2.05) is 11.3 Å². The van der Waals surface area contributed by atoms with E-state index < -0.39 is 0 Å². The summed E-state index contributed by atoms with van der Waals surface area (Å²) in [7, 11) is 0. The van der Waals surface area contributed by atoms with Gasteiger partial charge in [-0.1, -0.05) is 152 Å². The number of rotatable bonds is 4. The molecule has 2 heteroatoms. The molecule has 0 saturated heterocycles. The molecule has 2 aromatic heterocycles. The van der Waals surface area contributed by atoms with Gasteiger partial charge in [-0.3, -0.25) is 0 Å². The van der Waals surface area contributed by atoms with Gasteiger partial charge in [-0.15, -0.1) is 11.3 Å². The highest BCUT2D eigenvalue weighted by atomic mass is 32.1. The van der Waals surface area contributed by atoms with Crippen molar-refractivity contribution in [1.82, 2.24) is 4.57 Å². The average Bonchev–Trinajstić information content (AvgIpc) is 3.94. The molecule has 268 valence electrons. The molecule has 12 aromatic rings. The molecule has 0 aliphatic heterocycles. The molecule has 0 bridgehead atoms. The lowest BCUT2D eigenvalue weighted by Crippen LogP contribution is -1.95. The van der Waals surface area contributed by atoms with Crippen molar-refractivity contribution >= 4 is 74.9 Å². The predicted octanol–water partition coefficient (Wildman–Crippen LogP) is 16.1. The molecule has 0 saturated carbocycles. The van der Waals surface area contributed by atoms with Gasteiger partial charge in [-0.25, -0.2) is 0 Å². The highest BCUT2D eigenvalue weighted by molar-refractivity contribution is 7.25. The van der Waals surface area contributed by atoms with Gasteiger partial charge in [0.1, 0.15) is 0 Å². The fourth-order valence-electron chi connectivity index (χ4n) is 9.94. The number of nitrogens with zero attached hydrogens (tertiary/aromatic N) is 1. The molecule has 0 radical (unpaired) electrons. The molecule has 58 heavy (non-hydrogen) atoms. The standard InChI is InChI=1S/C56H33NS/c1-2-11-34(12-3-1)38-25-26-39(41-14-5-4-13-40(38)41)37-21-24-42-46-27-29-52(47-18-10-17-45(56(46)47)48(42)33-37)57-51-19-8-6-15-43(51)49-31-35(22-28-53(49)57)36-23-30-55-50(32-36)44-16-7-9-20-54(44)58-55/h1-33H. The van der Waals surface area contributed by atoms with Gasteiger partial charge in [0.2, 0.25) is 0 Å². The number of fused-ring (bicyclic) bond motifs is 10. The Balaban J connectivity index is 0.958. The third kappa shape index (κ3) is 4.52. The Morgan fingerprint density at radius 2 is 0.862 bits per heavy atom. The highest BCUT2D eigenvalue weighted by Crippen LogP contribution is 2.51. The van der Waals surface area contributed by atoms with Gasteiger partial charge in [0.15, 0.2) is 0 Å². The Labute approximate surface area is 339 Å². The Morgan fingerprint density at radius 1 is 0.276 bits per heavy atom. The van der Waals surface area contributed by atoms with E-state index in [9.17, 15) is 0 Å². The molecule has 0 fully saturated rings. The Morgan fingerprint density at radius 3 is 1.71 bits per heavy atom. The first-order valence-electron chi connectivity index (χ1n) is 20.0. The smallest absolute Gasteiger partial charge is 0.0541 e. The van der Waals surface area contributed by atoms with Gasteiger partial charge in [-0.05, 0) is 120 Å². The molecule has 1 aliphatic rings. The third-order valence-corrected chi connectivity index (χ3v) is 13.7. The van der Waals surface area contributed by atoms with E-state index in [2.05, 4.69) is 205 Å². The second-order valence-corrected chi connectivity index (χ2v) is 16.7. The average molecular weight is 752 g/mol. The van der Waals surface area contributed by atoms with Crippen molar-refractivity contribution in [2.75, 3.05) is 0 Å². The quantitative estimate of drug-likeness (QED) is 0.169. The van der Waals surface area contributed by atoms with Crippen molar-refractivity contribution in [2.45, 2.75) is 0 Å². The number of benzene rings is 10. The van der Waals surface area contributed by atoms with E-state index in [-0.39, 0.29) is 0 Å². The van der Waals surface area contributed by atoms with Crippen molar-refractivity contribution in [2.24, 2.45) is 0 Å². The number of hydrogen-bond acceptors (Lipinski definition) is 1. The minimum absolute atomic E-state index is 1.21. The minimum Gasteiger partial charge on any atom is -0.309 e. The van der Waals surface area contributed by atoms with Crippen molar-refractivity contribution in [3.63, 3.8) is 0 Å². The van der Waals surface area contributed by atoms with Crippen LogP contribution in [0.5, 0.6) is 0 Å². The summed E-state index contributed by atoms with van der Waals surface area (Å²) >= 11 is 1.87. The van der Waals surface area contributed by atoms with Crippen LogP contribution in [0.2, 0.25) is 0 Å². The van der Waals surface area contributed by atoms with Crippen LogP contribution < -0.4 is 0 Å². The maximum absolute atomic E-state index is 2.49. The van der Waals surface area contributed by atoms with Gasteiger partial charge in [-0.2, -0.15) is 0 Å². The Hall–Kier alpha value is -7.26. The van der Waals surface area contributed by atoms with E-state index in [4.69, 9.17) is 0 Å². The van der Waals surface area contributed by atoms with Crippen LogP contribution in [-0.4, -0.2) is 4.57 Å². The largest absolute Gasteiger partial charge is 0.309 e. The first-order valence-corrected chi connectivity index (χ1v) is 20.8. The molecule has 0 atom stereocenters. The van der Waals surface area contributed by atoms with Gasteiger partial charge in [0.05, 0.1) is 16.7 Å². The van der Waals surface area contributed by atoms with Crippen LogP contribution in [0.3, 0.4) is 0 Å². The summed E-state index contributed by atoms with van der Waals surface area (Å²) in [5, 5.41) is 10.3. The summed E-state index contributed by atoms with van der Waals surface area (Å²) in [6.07, 6.45) is 0. The van der Waals surface area contributed by atoms with Crippen LogP contribution >= 0.6 is 11.3 Å². The normalized spacial score (nSPS) is 12.1. The second kappa shape index (κ2) is 12.1. The van der Waals surface area contributed by atoms with Crippen LogP contribution in [-0.2, 0) is 0 Å². The maximum Gasteiger partial charge on any atom is 0.0541 e. The zero-order valence-corrected chi connectivity index (χ0v) is 32.2. The van der Waals surface area contributed by atoms with Crippen molar-refractivity contribution in [3.05, 3.63) is 200 Å². The first kappa shape index (κ1) is 31.9. The fraction of sp³-hybridized carbons (Fsp3) is 0. The van der Waals surface area contributed by atoms with E-state index in [1.54, 1.807) is 0 Å². The molecule has 0 N–H and O–H groups in total. The summed E-state index contributed by atoms with van der Waals surface area (Å²) in [5.74, 6) is 0. The predicted molar refractivity (Wildman–Crippen MR) is 249 cm³/mol. The number of para-hydroxylation sites is 1. The highest BCUT2D eigenvalue weighted by Gasteiger charge is 2.25. The van der Waals surface area contributed by atoms with Crippen molar-refractivity contribution in [1.29, 1.82) is 0 Å². The van der Waals surface area contributed by atoms with Gasteiger partial charge >= 0.3 is 0 Å². The molecule has 0 amide bonds. The van der Waals surface area contributed by atoms with Crippen molar-refractivity contribution < 1.29 is 0 Å². The third-order valence-electron chi connectivity index (χ3n) is 12.6. The zero-order valence-electron chi connectivity index (χ0n) is 31.4. The lowest BCUT2D eigenvalue weighted by atomic mass is 9.90. The summed E-state index contributed by atoms with van der Waals surface area (Å²) in [6.45, 7) is 0. The molecule has 0 unspecified atom stereocenters. The molecule has 13 rings (SSSR count). The molecule has 0 spiro atoms. The maximum atomic E-state index is 2.49. The molecular formula is C56H33NS. The number of hydrogen-bond donors (Lipinski definition) is 0. The molecule has 10 aromatic carbocycles. The zero-order chi connectivity index (χ0) is 37.9. The SMILES string of the molecule is c1ccc(-c2ccc(-c3ccc4c(c3)-c3cccc5c(-n6c7ccccc7c7cc(-c8ccc9sc%10ccccc%10c9c8)ccc76)ccc-4c35)c3ccccc23)cc1. The number of thiophene rings is 1. The van der Waals surface area contributed by atoms with E-state index in [0.717, 1.165) is 0 Å². The second-order valence-electron chi connectivity index (χ2n) is 15.6. The summed E-state index contributed by atoms with van der Waals surface area (Å²) in [5.41, 5.74) is 16.3. The first-order chi connectivity index (χ1) is 28.8. The molecular weight excluding hydrogens is 719 g/mol. The summed E-state index contributed by atoms with van der Waals surface area (Å²) < 4.78 is 5.16. The molecule has 1 nitrogen and oxygen atoms in total. The van der Waals surface area contributed by atoms with E-state index >= 15 is 0 Å². The van der Waals surface area contributed by atoms with Gasteiger partial charge < -0.3 is 4.57 Å². The molecule has 1 aliphatic carbocycles. The van der Waals surface area contributed by atoms with Crippen LogP contribution in [0, 0.1) is 0 Å².